The van der Waals surface area contributed by atoms with E-state index in [0.29, 0.717) is 13.0 Å². The Morgan fingerprint density at radius 1 is 1.14 bits per heavy atom. The van der Waals surface area contributed by atoms with Crippen LogP contribution in [0.4, 0.5) is 10.1 Å². The van der Waals surface area contributed by atoms with Crippen molar-refractivity contribution >= 4 is 35.2 Å². The van der Waals surface area contributed by atoms with Crippen molar-refractivity contribution in [3.63, 3.8) is 0 Å². The predicted molar refractivity (Wildman–Crippen MR) is 103 cm³/mol. The Bertz CT molecular complexity index is 873. The van der Waals surface area contributed by atoms with E-state index in [4.69, 9.17) is 4.74 Å². The number of para-hydroxylation sites is 1. The minimum Gasteiger partial charge on any atom is -0.456 e. The molecule has 1 atom stereocenters. The van der Waals surface area contributed by atoms with Gasteiger partial charge in [0.05, 0.1) is 17.4 Å². The number of carbonyl (C=O) groups is 3. The Morgan fingerprint density at radius 2 is 1.89 bits per heavy atom. The highest BCUT2D eigenvalue weighted by Crippen LogP contribution is 2.36. The molecule has 1 aliphatic heterocycles. The second-order valence-corrected chi connectivity index (χ2v) is 7.43. The number of benzene rings is 2. The number of rotatable bonds is 7. The van der Waals surface area contributed by atoms with Gasteiger partial charge in [0.25, 0.3) is 5.91 Å². The molecule has 0 saturated carbocycles. The van der Waals surface area contributed by atoms with Crippen molar-refractivity contribution in [1.82, 2.24) is 5.32 Å². The van der Waals surface area contributed by atoms with Crippen molar-refractivity contribution < 1.29 is 23.5 Å². The number of thioether (sulfide) groups is 1. The van der Waals surface area contributed by atoms with Gasteiger partial charge in [0, 0.05) is 11.4 Å². The molecule has 0 unspecified atom stereocenters. The molecule has 0 aliphatic carbocycles. The Morgan fingerprint density at radius 3 is 2.68 bits per heavy atom. The van der Waals surface area contributed by atoms with Crippen molar-refractivity contribution in [1.29, 1.82) is 0 Å². The van der Waals surface area contributed by atoms with E-state index in [-0.39, 0.29) is 18.1 Å². The van der Waals surface area contributed by atoms with Crippen LogP contribution in [0.15, 0.2) is 53.4 Å². The first kappa shape index (κ1) is 19.9. The van der Waals surface area contributed by atoms with Crippen LogP contribution in [0.25, 0.3) is 0 Å². The van der Waals surface area contributed by atoms with E-state index in [1.54, 1.807) is 18.2 Å². The zero-order valence-electron chi connectivity index (χ0n) is 14.9. The number of carbonyl (C=O) groups excluding carboxylic acids is 3. The quantitative estimate of drug-likeness (QED) is 0.696. The maximum atomic E-state index is 12.8. The number of hydrogen-bond acceptors (Lipinski definition) is 5. The van der Waals surface area contributed by atoms with E-state index in [1.165, 1.54) is 23.9 Å². The van der Waals surface area contributed by atoms with Crippen LogP contribution in [0.2, 0.25) is 0 Å². The van der Waals surface area contributed by atoms with Crippen LogP contribution in [0.3, 0.4) is 0 Å². The highest BCUT2D eigenvalue weighted by molar-refractivity contribution is 8.01. The average molecular weight is 402 g/mol. The molecule has 8 heteroatoms. The van der Waals surface area contributed by atoms with Gasteiger partial charge in [-0.3, -0.25) is 14.4 Å². The van der Waals surface area contributed by atoms with E-state index < -0.39 is 23.7 Å². The van der Waals surface area contributed by atoms with Gasteiger partial charge in [-0.2, -0.15) is 0 Å². The first-order valence-electron chi connectivity index (χ1n) is 8.74. The number of amides is 2. The lowest BCUT2D eigenvalue weighted by Gasteiger charge is -2.23. The molecule has 2 aromatic rings. The molecule has 0 radical (unpaired) electrons. The molecule has 0 fully saturated rings. The minimum absolute atomic E-state index is 0.117. The van der Waals surface area contributed by atoms with Crippen LogP contribution in [-0.2, 0) is 25.5 Å². The second kappa shape index (κ2) is 9.36. The summed E-state index contributed by atoms with van der Waals surface area (Å²) >= 11 is 1.30. The molecular weight excluding hydrogens is 383 g/mol. The summed E-state index contributed by atoms with van der Waals surface area (Å²) in [5.74, 6) is -1.61. The largest absolute Gasteiger partial charge is 0.456 e. The van der Waals surface area contributed by atoms with Crippen molar-refractivity contribution in [2.45, 2.75) is 23.0 Å². The summed E-state index contributed by atoms with van der Waals surface area (Å²) in [4.78, 5) is 36.7. The van der Waals surface area contributed by atoms with E-state index in [0.717, 1.165) is 16.1 Å². The SMILES string of the molecule is O=C(COC(=O)C[C@@H]1Sc2ccccc2NC1=O)NCCc1ccc(F)cc1. The lowest BCUT2D eigenvalue weighted by atomic mass is 10.1. The minimum atomic E-state index is -0.610. The fourth-order valence-corrected chi connectivity index (χ4v) is 3.73. The van der Waals surface area contributed by atoms with Crippen molar-refractivity contribution in [2.75, 3.05) is 18.5 Å². The summed E-state index contributed by atoms with van der Waals surface area (Å²) in [6.45, 7) is -0.0580. The van der Waals surface area contributed by atoms with Gasteiger partial charge in [-0.25, -0.2) is 4.39 Å². The van der Waals surface area contributed by atoms with Gasteiger partial charge in [-0.15, -0.1) is 11.8 Å². The molecule has 0 aromatic heterocycles. The fourth-order valence-electron chi connectivity index (χ4n) is 2.63. The van der Waals surface area contributed by atoms with Crippen LogP contribution in [0.1, 0.15) is 12.0 Å². The summed E-state index contributed by atoms with van der Waals surface area (Å²) in [7, 11) is 0. The van der Waals surface area contributed by atoms with Crippen molar-refractivity contribution in [2.24, 2.45) is 0 Å². The topological polar surface area (TPSA) is 84.5 Å². The van der Waals surface area contributed by atoms with Crippen LogP contribution < -0.4 is 10.6 Å². The van der Waals surface area contributed by atoms with E-state index in [9.17, 15) is 18.8 Å². The number of halogens is 1. The zero-order chi connectivity index (χ0) is 19.9. The normalized spacial score (nSPS) is 15.3. The Kier molecular flexibility index (Phi) is 6.65. The molecule has 6 nitrogen and oxygen atoms in total. The summed E-state index contributed by atoms with van der Waals surface area (Å²) < 4.78 is 17.8. The number of esters is 1. The first-order valence-corrected chi connectivity index (χ1v) is 9.62. The molecule has 28 heavy (non-hydrogen) atoms. The second-order valence-electron chi connectivity index (χ2n) is 6.18. The molecule has 2 N–H and O–H groups in total. The Labute approximate surface area is 165 Å². The van der Waals surface area contributed by atoms with E-state index >= 15 is 0 Å². The number of ether oxygens (including phenoxy) is 1. The number of fused-ring (bicyclic) bond motifs is 1. The van der Waals surface area contributed by atoms with Gasteiger partial charge in [-0.1, -0.05) is 24.3 Å². The zero-order valence-corrected chi connectivity index (χ0v) is 15.8. The summed E-state index contributed by atoms with van der Waals surface area (Å²) in [5, 5.41) is 4.80. The molecule has 0 bridgehead atoms. The van der Waals surface area contributed by atoms with Gasteiger partial charge in [0.15, 0.2) is 6.61 Å². The molecular formula is C20H19FN2O4S. The molecule has 2 aromatic carbocycles. The third-order valence-electron chi connectivity index (χ3n) is 4.07. The van der Waals surface area contributed by atoms with Crippen LogP contribution in [0, 0.1) is 5.82 Å². The maximum Gasteiger partial charge on any atom is 0.307 e. The summed E-state index contributed by atoms with van der Waals surface area (Å²) in [5.41, 5.74) is 1.61. The van der Waals surface area contributed by atoms with Crippen molar-refractivity contribution in [3.8, 4) is 0 Å². The predicted octanol–water partition coefficient (Wildman–Crippen LogP) is 2.53. The summed E-state index contributed by atoms with van der Waals surface area (Å²) in [6, 6.07) is 13.3. The van der Waals surface area contributed by atoms with E-state index in [1.807, 2.05) is 18.2 Å². The summed E-state index contributed by atoms with van der Waals surface area (Å²) in [6.07, 6.45) is 0.423. The molecule has 1 heterocycles. The number of nitrogens with one attached hydrogen (secondary N) is 2. The molecule has 3 rings (SSSR count). The fraction of sp³-hybridized carbons (Fsp3) is 0.250. The average Bonchev–Trinajstić information content (AvgIpc) is 2.68. The smallest absolute Gasteiger partial charge is 0.307 e. The number of hydrogen-bond donors (Lipinski definition) is 2. The van der Waals surface area contributed by atoms with Crippen LogP contribution in [0.5, 0.6) is 0 Å². The van der Waals surface area contributed by atoms with Gasteiger partial charge in [0.1, 0.15) is 5.82 Å². The van der Waals surface area contributed by atoms with Gasteiger partial charge >= 0.3 is 5.97 Å². The van der Waals surface area contributed by atoms with Crippen LogP contribution >= 0.6 is 11.8 Å². The molecule has 2 amide bonds. The lowest BCUT2D eigenvalue weighted by Crippen LogP contribution is -2.33. The lowest BCUT2D eigenvalue weighted by molar-refractivity contribution is -0.149. The highest BCUT2D eigenvalue weighted by atomic mass is 32.2. The third-order valence-corrected chi connectivity index (χ3v) is 5.35. The molecule has 146 valence electrons. The maximum absolute atomic E-state index is 12.8. The van der Waals surface area contributed by atoms with Gasteiger partial charge in [0.2, 0.25) is 5.91 Å². The Hall–Kier alpha value is -2.87. The van der Waals surface area contributed by atoms with E-state index in [2.05, 4.69) is 10.6 Å². The molecule has 0 saturated heterocycles. The molecule has 1 aliphatic rings. The standard InChI is InChI=1S/C20H19FN2O4S/c21-14-7-5-13(6-8-14)9-10-22-18(24)12-27-19(25)11-17-20(26)23-15-3-1-2-4-16(15)28-17/h1-8,17H,9-12H2,(H,22,24)(H,23,26)/t17-/m0/s1. The van der Waals surface area contributed by atoms with Gasteiger partial charge in [-0.05, 0) is 36.2 Å². The Balaban J connectivity index is 1.37. The molecule has 0 spiro atoms. The van der Waals surface area contributed by atoms with Crippen molar-refractivity contribution in [3.05, 3.63) is 59.9 Å². The number of anilines is 1. The van der Waals surface area contributed by atoms with Gasteiger partial charge < -0.3 is 15.4 Å². The third kappa shape index (κ3) is 5.56. The first-order chi connectivity index (χ1) is 13.5. The monoisotopic (exact) mass is 402 g/mol. The van der Waals surface area contributed by atoms with Crippen LogP contribution in [-0.4, -0.2) is 36.2 Å². The highest BCUT2D eigenvalue weighted by Gasteiger charge is 2.29.